The van der Waals surface area contributed by atoms with Gasteiger partial charge in [-0.25, -0.2) is 4.98 Å². The van der Waals surface area contributed by atoms with E-state index in [2.05, 4.69) is 15.4 Å². The van der Waals surface area contributed by atoms with E-state index in [-0.39, 0.29) is 5.56 Å². The topological polar surface area (TPSA) is 64.7 Å². The molecule has 6 nitrogen and oxygen atoms in total. The molecule has 2 aromatic heterocycles. The van der Waals surface area contributed by atoms with Crippen LogP contribution in [0.1, 0.15) is 12.6 Å². The summed E-state index contributed by atoms with van der Waals surface area (Å²) in [4.78, 5) is 15.8. The SMILES string of the molecule is CCc1nn(C)cc1Nc1nccn(C)c1=O. The Labute approximate surface area is 98.9 Å². The maximum atomic E-state index is 11.8. The number of aromatic nitrogens is 4. The molecule has 1 N–H and O–H groups in total. The summed E-state index contributed by atoms with van der Waals surface area (Å²) in [5.74, 6) is 0.317. The van der Waals surface area contributed by atoms with Crippen LogP contribution in [-0.2, 0) is 20.5 Å². The molecule has 0 aliphatic heterocycles. The van der Waals surface area contributed by atoms with Gasteiger partial charge < -0.3 is 9.88 Å². The van der Waals surface area contributed by atoms with Crippen molar-refractivity contribution in [2.45, 2.75) is 13.3 Å². The van der Waals surface area contributed by atoms with E-state index in [9.17, 15) is 4.79 Å². The predicted molar refractivity (Wildman–Crippen MR) is 65.3 cm³/mol. The number of hydrogen-bond acceptors (Lipinski definition) is 4. The number of anilines is 2. The fourth-order valence-corrected chi connectivity index (χ4v) is 1.61. The minimum absolute atomic E-state index is 0.154. The van der Waals surface area contributed by atoms with Crippen molar-refractivity contribution in [2.24, 2.45) is 14.1 Å². The van der Waals surface area contributed by atoms with E-state index in [4.69, 9.17) is 0 Å². The lowest BCUT2D eigenvalue weighted by Gasteiger charge is -2.04. The van der Waals surface area contributed by atoms with Crippen LogP contribution in [0.4, 0.5) is 11.5 Å². The minimum atomic E-state index is -0.154. The van der Waals surface area contributed by atoms with Crippen LogP contribution in [0.5, 0.6) is 0 Å². The molecule has 2 heterocycles. The van der Waals surface area contributed by atoms with Crippen molar-refractivity contribution in [1.82, 2.24) is 19.3 Å². The van der Waals surface area contributed by atoms with E-state index in [0.29, 0.717) is 5.82 Å². The second-order valence-electron chi connectivity index (χ2n) is 3.83. The van der Waals surface area contributed by atoms with Crippen LogP contribution in [0.3, 0.4) is 0 Å². The van der Waals surface area contributed by atoms with Crippen LogP contribution in [0.15, 0.2) is 23.4 Å². The molecule has 0 spiro atoms. The molecular formula is C11H15N5O. The fourth-order valence-electron chi connectivity index (χ4n) is 1.61. The zero-order valence-corrected chi connectivity index (χ0v) is 10.1. The first-order valence-corrected chi connectivity index (χ1v) is 5.43. The quantitative estimate of drug-likeness (QED) is 0.852. The van der Waals surface area contributed by atoms with Crippen molar-refractivity contribution >= 4 is 11.5 Å². The van der Waals surface area contributed by atoms with Gasteiger partial charge in [0.25, 0.3) is 5.56 Å². The molecule has 0 saturated heterocycles. The molecule has 0 atom stereocenters. The van der Waals surface area contributed by atoms with Gasteiger partial charge in [-0.15, -0.1) is 0 Å². The zero-order chi connectivity index (χ0) is 12.4. The molecule has 0 bridgehead atoms. The molecule has 17 heavy (non-hydrogen) atoms. The van der Waals surface area contributed by atoms with Gasteiger partial charge >= 0.3 is 0 Å². The lowest BCUT2D eigenvalue weighted by molar-refractivity contribution is 0.746. The molecule has 0 fully saturated rings. The van der Waals surface area contributed by atoms with Crippen molar-refractivity contribution in [3.8, 4) is 0 Å². The highest BCUT2D eigenvalue weighted by Gasteiger charge is 2.09. The number of nitrogens with zero attached hydrogens (tertiary/aromatic N) is 4. The lowest BCUT2D eigenvalue weighted by Crippen LogP contribution is -2.20. The van der Waals surface area contributed by atoms with Crippen LogP contribution < -0.4 is 10.9 Å². The zero-order valence-electron chi connectivity index (χ0n) is 10.1. The minimum Gasteiger partial charge on any atom is -0.333 e. The highest BCUT2D eigenvalue weighted by atomic mass is 16.1. The van der Waals surface area contributed by atoms with E-state index >= 15 is 0 Å². The van der Waals surface area contributed by atoms with Gasteiger partial charge in [-0.1, -0.05) is 6.92 Å². The molecule has 0 saturated carbocycles. The van der Waals surface area contributed by atoms with Crippen LogP contribution in [0.25, 0.3) is 0 Å². The summed E-state index contributed by atoms with van der Waals surface area (Å²) in [6, 6.07) is 0. The molecule has 0 aliphatic carbocycles. The lowest BCUT2D eigenvalue weighted by atomic mass is 10.3. The summed E-state index contributed by atoms with van der Waals surface area (Å²) < 4.78 is 3.20. The van der Waals surface area contributed by atoms with Crippen molar-refractivity contribution in [3.63, 3.8) is 0 Å². The van der Waals surface area contributed by atoms with E-state index in [1.807, 2.05) is 20.2 Å². The van der Waals surface area contributed by atoms with Gasteiger partial charge in [-0.3, -0.25) is 9.48 Å². The summed E-state index contributed by atoms with van der Waals surface area (Å²) >= 11 is 0. The Morgan fingerprint density at radius 3 is 2.88 bits per heavy atom. The van der Waals surface area contributed by atoms with E-state index in [1.54, 1.807) is 24.1 Å². The van der Waals surface area contributed by atoms with Crippen molar-refractivity contribution in [1.29, 1.82) is 0 Å². The molecule has 0 amide bonds. The Hall–Kier alpha value is -2.11. The third-order valence-corrected chi connectivity index (χ3v) is 2.51. The maximum absolute atomic E-state index is 11.8. The Kier molecular flexibility index (Phi) is 2.95. The largest absolute Gasteiger partial charge is 0.333 e. The maximum Gasteiger partial charge on any atom is 0.293 e. The average Bonchev–Trinajstić information content (AvgIpc) is 2.65. The highest BCUT2D eigenvalue weighted by Crippen LogP contribution is 2.16. The van der Waals surface area contributed by atoms with Gasteiger partial charge in [-0.2, -0.15) is 5.10 Å². The molecule has 0 aromatic carbocycles. The van der Waals surface area contributed by atoms with Crippen LogP contribution >= 0.6 is 0 Å². The Bertz CT molecular complexity index is 584. The van der Waals surface area contributed by atoms with Crippen LogP contribution in [0, 0.1) is 0 Å². The van der Waals surface area contributed by atoms with Gasteiger partial charge in [0.15, 0.2) is 5.82 Å². The number of nitrogens with one attached hydrogen (secondary N) is 1. The second kappa shape index (κ2) is 4.40. The van der Waals surface area contributed by atoms with E-state index < -0.39 is 0 Å². The number of rotatable bonds is 3. The molecular weight excluding hydrogens is 218 g/mol. The van der Waals surface area contributed by atoms with Gasteiger partial charge in [0.05, 0.1) is 11.4 Å². The molecule has 90 valence electrons. The molecule has 0 radical (unpaired) electrons. The summed E-state index contributed by atoms with van der Waals surface area (Å²) in [6.07, 6.45) is 5.85. The summed E-state index contributed by atoms with van der Waals surface area (Å²) in [5, 5.41) is 7.32. The molecule has 2 rings (SSSR count). The Balaban J connectivity index is 2.37. The first-order valence-electron chi connectivity index (χ1n) is 5.43. The summed E-state index contributed by atoms with van der Waals surface area (Å²) in [6.45, 7) is 2.02. The first kappa shape index (κ1) is 11.4. The van der Waals surface area contributed by atoms with Gasteiger partial charge in [0.2, 0.25) is 0 Å². The van der Waals surface area contributed by atoms with Gasteiger partial charge in [0, 0.05) is 32.7 Å². The third kappa shape index (κ3) is 2.20. The monoisotopic (exact) mass is 233 g/mol. The Morgan fingerprint density at radius 2 is 2.18 bits per heavy atom. The number of aryl methyl sites for hydroxylation is 3. The van der Waals surface area contributed by atoms with Crippen molar-refractivity contribution in [2.75, 3.05) is 5.32 Å². The average molecular weight is 233 g/mol. The van der Waals surface area contributed by atoms with E-state index in [0.717, 1.165) is 17.8 Å². The first-order chi connectivity index (χ1) is 8.11. The molecule has 0 unspecified atom stereocenters. The fraction of sp³-hybridized carbons (Fsp3) is 0.364. The number of hydrogen-bond donors (Lipinski definition) is 1. The standard InChI is InChI=1S/C11H15N5O/c1-4-8-9(7-16(3)14-8)13-10-11(17)15(2)6-5-12-10/h5-7H,4H2,1-3H3,(H,12,13). The smallest absolute Gasteiger partial charge is 0.293 e. The molecule has 6 heteroatoms. The highest BCUT2D eigenvalue weighted by molar-refractivity contribution is 5.57. The molecule has 2 aromatic rings. The third-order valence-electron chi connectivity index (χ3n) is 2.51. The Morgan fingerprint density at radius 1 is 1.41 bits per heavy atom. The van der Waals surface area contributed by atoms with Crippen LogP contribution in [-0.4, -0.2) is 19.3 Å². The summed E-state index contributed by atoms with van der Waals surface area (Å²) in [7, 11) is 3.54. The molecule has 0 aliphatic rings. The second-order valence-corrected chi connectivity index (χ2v) is 3.83. The predicted octanol–water partition coefficient (Wildman–Crippen LogP) is 0.820. The van der Waals surface area contributed by atoms with Gasteiger partial charge in [0.1, 0.15) is 0 Å². The summed E-state index contributed by atoms with van der Waals surface area (Å²) in [5.41, 5.74) is 1.59. The van der Waals surface area contributed by atoms with Crippen molar-refractivity contribution in [3.05, 3.63) is 34.6 Å². The van der Waals surface area contributed by atoms with Crippen molar-refractivity contribution < 1.29 is 0 Å². The van der Waals surface area contributed by atoms with Gasteiger partial charge in [-0.05, 0) is 6.42 Å². The van der Waals surface area contributed by atoms with Crippen LogP contribution in [0.2, 0.25) is 0 Å². The van der Waals surface area contributed by atoms with E-state index in [1.165, 1.54) is 4.57 Å². The normalized spacial score (nSPS) is 10.5.